The van der Waals surface area contributed by atoms with Gasteiger partial charge in [-0.3, -0.25) is 4.79 Å². The van der Waals surface area contributed by atoms with E-state index in [9.17, 15) is 34.8 Å². The van der Waals surface area contributed by atoms with Gasteiger partial charge >= 0.3 is 6.18 Å². The number of amides is 1. The molecule has 136 valence electrons. The van der Waals surface area contributed by atoms with E-state index < -0.39 is 60.3 Å². The van der Waals surface area contributed by atoms with Crippen LogP contribution in [0.15, 0.2) is 23.1 Å². The largest absolute Gasteiger partial charge is 0.416 e. The average Bonchev–Trinajstić information content (AvgIpc) is 2.43. The summed E-state index contributed by atoms with van der Waals surface area (Å²) in [6.45, 7) is -0.477. The highest BCUT2D eigenvalue weighted by Gasteiger charge is 2.33. The predicted molar refractivity (Wildman–Crippen MR) is 79.7 cm³/mol. The molecule has 1 aromatic carbocycles. The van der Waals surface area contributed by atoms with Crippen molar-refractivity contribution in [2.45, 2.75) is 11.1 Å². The summed E-state index contributed by atoms with van der Waals surface area (Å²) in [5.41, 5.74) is -1.83. The van der Waals surface area contributed by atoms with Crippen molar-refractivity contribution in [1.82, 2.24) is 10.0 Å². The van der Waals surface area contributed by atoms with Crippen LogP contribution in [-0.2, 0) is 26.0 Å². The lowest BCUT2D eigenvalue weighted by Gasteiger charge is -2.13. The van der Waals surface area contributed by atoms with Crippen molar-refractivity contribution in [2.24, 2.45) is 0 Å². The summed E-state index contributed by atoms with van der Waals surface area (Å²) in [5.74, 6) is -1.72. The van der Waals surface area contributed by atoms with E-state index in [0.717, 1.165) is 13.3 Å². The molecule has 0 fully saturated rings. The van der Waals surface area contributed by atoms with Crippen LogP contribution >= 0.6 is 0 Å². The molecule has 0 spiro atoms. The van der Waals surface area contributed by atoms with Gasteiger partial charge in [0.2, 0.25) is 10.0 Å². The quantitative estimate of drug-likeness (QED) is 0.733. The fraction of sp³-hybridized carbons (Fsp3) is 0.417. The molecule has 0 unspecified atom stereocenters. The van der Waals surface area contributed by atoms with Crippen molar-refractivity contribution in [3.63, 3.8) is 0 Å². The molecule has 0 bridgehead atoms. The third kappa shape index (κ3) is 5.46. The van der Waals surface area contributed by atoms with Gasteiger partial charge in [-0.1, -0.05) is 0 Å². The van der Waals surface area contributed by atoms with Gasteiger partial charge in [-0.25, -0.2) is 21.6 Å². The lowest BCUT2D eigenvalue weighted by atomic mass is 10.1. The summed E-state index contributed by atoms with van der Waals surface area (Å²) in [6.07, 6.45) is -3.92. The number of carbonyl (C=O) groups excluding carboxylic acids is 1. The Balaban J connectivity index is 3.28. The van der Waals surface area contributed by atoms with Crippen LogP contribution in [0.25, 0.3) is 0 Å². The van der Waals surface area contributed by atoms with Gasteiger partial charge in [-0.05, 0) is 18.2 Å². The van der Waals surface area contributed by atoms with Crippen LogP contribution < -0.4 is 10.0 Å². The number of sulfonamides is 1. The van der Waals surface area contributed by atoms with E-state index in [-0.39, 0.29) is 0 Å². The molecule has 0 atom stereocenters. The summed E-state index contributed by atoms with van der Waals surface area (Å²) in [7, 11) is -6.67. The van der Waals surface area contributed by atoms with Crippen molar-refractivity contribution in [3.8, 4) is 0 Å². The maximum absolute atomic E-state index is 12.7. The van der Waals surface area contributed by atoms with Crippen LogP contribution in [0.1, 0.15) is 15.9 Å². The number of hydrogen-bond acceptors (Lipinski definition) is 5. The lowest BCUT2D eigenvalue weighted by molar-refractivity contribution is -0.137. The van der Waals surface area contributed by atoms with Gasteiger partial charge in [0.15, 0.2) is 9.84 Å². The molecule has 0 saturated carbocycles. The minimum atomic E-state index is -4.75. The van der Waals surface area contributed by atoms with E-state index in [0.29, 0.717) is 18.2 Å². The third-order valence-corrected chi connectivity index (χ3v) is 5.34. The number of carbonyl (C=O) groups is 1. The van der Waals surface area contributed by atoms with E-state index in [1.807, 2.05) is 4.72 Å². The minimum Gasteiger partial charge on any atom is -0.355 e. The summed E-state index contributed by atoms with van der Waals surface area (Å²) in [5, 5.41) is 2.07. The van der Waals surface area contributed by atoms with Crippen LogP contribution in [-0.4, -0.2) is 48.3 Å². The summed E-state index contributed by atoms with van der Waals surface area (Å²) in [6, 6.07) is 1.67. The minimum absolute atomic E-state index is 0.440. The highest BCUT2D eigenvalue weighted by atomic mass is 32.2. The number of nitrogens with one attached hydrogen (secondary N) is 2. The summed E-state index contributed by atoms with van der Waals surface area (Å²) in [4.78, 5) is 11.1. The number of halogens is 3. The molecule has 12 heteroatoms. The molecule has 1 aromatic rings. The Labute approximate surface area is 137 Å². The van der Waals surface area contributed by atoms with Crippen LogP contribution in [0.3, 0.4) is 0 Å². The standard InChI is InChI=1S/C12H15F3N2O5S2/c1-16-11(18)9-7-8(12(13,14)15)3-4-10(9)24(21,22)6-5-17-23(2,19)20/h3-4,7,17H,5-6H2,1-2H3,(H,16,18). The third-order valence-electron chi connectivity index (χ3n) is 2.85. The molecule has 0 aromatic heterocycles. The van der Waals surface area contributed by atoms with Gasteiger partial charge in [0.25, 0.3) is 5.91 Å². The van der Waals surface area contributed by atoms with Crippen molar-refractivity contribution in [1.29, 1.82) is 0 Å². The molecule has 0 radical (unpaired) electrons. The monoisotopic (exact) mass is 388 g/mol. The van der Waals surface area contributed by atoms with Gasteiger partial charge in [-0.15, -0.1) is 0 Å². The van der Waals surface area contributed by atoms with Crippen molar-refractivity contribution < 1.29 is 34.8 Å². The van der Waals surface area contributed by atoms with Crippen molar-refractivity contribution in [3.05, 3.63) is 29.3 Å². The maximum Gasteiger partial charge on any atom is 0.416 e. The Morgan fingerprint density at radius 2 is 1.75 bits per heavy atom. The normalized spacial score (nSPS) is 12.9. The maximum atomic E-state index is 12.7. The second-order valence-electron chi connectivity index (χ2n) is 4.77. The van der Waals surface area contributed by atoms with Crippen LogP contribution in [0.4, 0.5) is 13.2 Å². The second kappa shape index (κ2) is 7.07. The van der Waals surface area contributed by atoms with E-state index in [4.69, 9.17) is 0 Å². The zero-order chi connectivity index (χ0) is 18.8. The predicted octanol–water partition coefficient (Wildman–Crippen LogP) is 0.388. The highest BCUT2D eigenvalue weighted by Crippen LogP contribution is 2.31. The van der Waals surface area contributed by atoms with E-state index >= 15 is 0 Å². The van der Waals surface area contributed by atoms with Crippen molar-refractivity contribution >= 4 is 25.8 Å². The first-order valence-corrected chi connectivity index (χ1v) is 9.93. The number of hydrogen-bond donors (Lipinski definition) is 2. The Bertz CT molecular complexity index is 833. The topological polar surface area (TPSA) is 109 Å². The number of benzene rings is 1. The fourth-order valence-electron chi connectivity index (χ4n) is 1.76. The Kier molecular flexibility index (Phi) is 6.00. The lowest BCUT2D eigenvalue weighted by Crippen LogP contribution is -2.29. The molecule has 1 rings (SSSR count). The van der Waals surface area contributed by atoms with Gasteiger partial charge in [0.1, 0.15) is 0 Å². The van der Waals surface area contributed by atoms with Gasteiger partial charge in [0.05, 0.1) is 28.0 Å². The van der Waals surface area contributed by atoms with E-state index in [1.165, 1.54) is 0 Å². The number of rotatable bonds is 6. The molecule has 2 N–H and O–H groups in total. The Morgan fingerprint density at radius 3 is 2.21 bits per heavy atom. The SMILES string of the molecule is CNC(=O)c1cc(C(F)(F)F)ccc1S(=O)(=O)CCNS(C)(=O)=O. The molecule has 0 aliphatic carbocycles. The molecule has 0 aliphatic heterocycles. The van der Waals surface area contributed by atoms with Crippen molar-refractivity contribution in [2.75, 3.05) is 25.6 Å². The zero-order valence-corrected chi connectivity index (χ0v) is 14.3. The Morgan fingerprint density at radius 1 is 1.17 bits per heavy atom. The first-order valence-electron chi connectivity index (χ1n) is 6.38. The fourth-order valence-corrected chi connectivity index (χ4v) is 3.72. The Hall–Kier alpha value is -1.66. The highest BCUT2D eigenvalue weighted by molar-refractivity contribution is 7.91. The van der Waals surface area contributed by atoms with Crippen LogP contribution in [0, 0.1) is 0 Å². The smallest absolute Gasteiger partial charge is 0.355 e. The molecule has 0 heterocycles. The molecule has 0 saturated heterocycles. The second-order valence-corrected chi connectivity index (χ2v) is 8.68. The molecular weight excluding hydrogens is 373 g/mol. The summed E-state index contributed by atoms with van der Waals surface area (Å²) < 4.78 is 86.5. The molecule has 0 aliphatic rings. The number of alkyl halides is 3. The molecule has 7 nitrogen and oxygen atoms in total. The van der Waals surface area contributed by atoms with Gasteiger partial charge < -0.3 is 5.32 Å². The van der Waals surface area contributed by atoms with E-state index in [1.54, 1.807) is 0 Å². The first kappa shape index (κ1) is 20.4. The zero-order valence-electron chi connectivity index (χ0n) is 12.6. The van der Waals surface area contributed by atoms with Crippen LogP contribution in [0.2, 0.25) is 0 Å². The first-order chi connectivity index (χ1) is 10.8. The van der Waals surface area contributed by atoms with E-state index in [2.05, 4.69) is 5.32 Å². The molecule has 24 heavy (non-hydrogen) atoms. The van der Waals surface area contributed by atoms with Gasteiger partial charge in [0, 0.05) is 13.6 Å². The molecule has 1 amide bonds. The summed E-state index contributed by atoms with van der Waals surface area (Å²) >= 11 is 0. The van der Waals surface area contributed by atoms with Crippen LogP contribution in [0.5, 0.6) is 0 Å². The molecular formula is C12H15F3N2O5S2. The number of sulfone groups is 1. The van der Waals surface area contributed by atoms with Gasteiger partial charge in [-0.2, -0.15) is 13.2 Å². The average molecular weight is 388 g/mol.